The van der Waals surface area contributed by atoms with Gasteiger partial charge in [0.05, 0.1) is 6.61 Å². The summed E-state index contributed by atoms with van der Waals surface area (Å²) in [5.41, 5.74) is 1.66. The molecule has 5 nitrogen and oxygen atoms in total. The number of halogens is 1. The molecule has 2 amide bonds. The Balaban J connectivity index is 1.26. The van der Waals surface area contributed by atoms with E-state index in [1.165, 1.54) is 12.1 Å². The van der Waals surface area contributed by atoms with Gasteiger partial charge in [0, 0.05) is 37.7 Å². The molecule has 6 heteroatoms. The van der Waals surface area contributed by atoms with E-state index in [0.29, 0.717) is 38.3 Å². The van der Waals surface area contributed by atoms with Gasteiger partial charge in [-0.2, -0.15) is 0 Å². The number of piperazine rings is 1. The number of hydrogen-bond donors (Lipinski definition) is 0. The van der Waals surface area contributed by atoms with Gasteiger partial charge in [-0.1, -0.05) is 25.5 Å². The van der Waals surface area contributed by atoms with Crippen LogP contribution in [0.25, 0.3) is 0 Å². The Morgan fingerprint density at radius 3 is 2.26 bits per heavy atom. The number of hydrogen-bond acceptors (Lipinski definition) is 3. The second-order valence-electron chi connectivity index (χ2n) is 8.34. The number of rotatable bonds is 7. The molecule has 0 N–H and O–H groups in total. The maximum absolute atomic E-state index is 13.1. The van der Waals surface area contributed by atoms with Crippen molar-refractivity contribution in [1.82, 2.24) is 9.80 Å². The van der Waals surface area contributed by atoms with Crippen molar-refractivity contribution in [1.29, 1.82) is 0 Å². The van der Waals surface area contributed by atoms with Crippen LogP contribution in [0.15, 0.2) is 48.5 Å². The van der Waals surface area contributed by atoms with Crippen LogP contribution in [0.2, 0.25) is 0 Å². The summed E-state index contributed by atoms with van der Waals surface area (Å²) in [5, 5.41) is 0. The highest BCUT2D eigenvalue weighted by molar-refractivity contribution is 5.94. The van der Waals surface area contributed by atoms with Crippen molar-refractivity contribution in [2.24, 2.45) is 5.92 Å². The number of amides is 2. The number of nitrogens with zero attached hydrogens (tertiary/aromatic N) is 2. The fourth-order valence-electron chi connectivity index (χ4n) is 4.12. The Morgan fingerprint density at radius 2 is 1.61 bits per heavy atom. The zero-order valence-corrected chi connectivity index (χ0v) is 17.9. The Morgan fingerprint density at radius 1 is 0.968 bits per heavy atom. The van der Waals surface area contributed by atoms with E-state index in [4.69, 9.17) is 4.74 Å². The fourth-order valence-corrected chi connectivity index (χ4v) is 4.12. The molecule has 0 bridgehead atoms. The van der Waals surface area contributed by atoms with E-state index in [1.807, 2.05) is 17.0 Å². The van der Waals surface area contributed by atoms with Crippen molar-refractivity contribution in [2.75, 3.05) is 32.8 Å². The Kier molecular flexibility index (Phi) is 6.54. The van der Waals surface area contributed by atoms with Crippen LogP contribution in [0.3, 0.4) is 0 Å². The molecule has 1 saturated carbocycles. The average molecular weight is 425 g/mol. The van der Waals surface area contributed by atoms with Crippen molar-refractivity contribution in [3.05, 3.63) is 65.5 Å². The Labute approximate surface area is 182 Å². The zero-order chi connectivity index (χ0) is 21.8. The molecule has 2 aromatic rings. The monoisotopic (exact) mass is 424 g/mol. The maximum Gasteiger partial charge on any atom is 0.253 e. The van der Waals surface area contributed by atoms with Crippen molar-refractivity contribution in [3.63, 3.8) is 0 Å². The minimum absolute atomic E-state index is 0.0113. The summed E-state index contributed by atoms with van der Waals surface area (Å²) < 4.78 is 18.8. The van der Waals surface area contributed by atoms with Crippen molar-refractivity contribution < 1.29 is 18.7 Å². The molecule has 4 rings (SSSR count). The SMILES string of the molecule is CCCCOc1ccc(C(=O)N2CCN(C(=O)C3CC3c3ccc(F)cc3)CC2)cc1. The molecule has 2 fully saturated rings. The summed E-state index contributed by atoms with van der Waals surface area (Å²) in [5.74, 6) is 0.823. The molecule has 2 aliphatic rings. The predicted molar refractivity (Wildman–Crippen MR) is 117 cm³/mol. The summed E-state index contributed by atoms with van der Waals surface area (Å²) >= 11 is 0. The Bertz CT molecular complexity index is 905. The van der Waals surface area contributed by atoms with Gasteiger partial charge in [0.2, 0.25) is 5.91 Å². The highest BCUT2D eigenvalue weighted by atomic mass is 19.1. The van der Waals surface area contributed by atoms with E-state index in [2.05, 4.69) is 6.92 Å². The van der Waals surface area contributed by atoms with E-state index in [1.54, 1.807) is 29.2 Å². The van der Waals surface area contributed by atoms with Crippen molar-refractivity contribution in [2.45, 2.75) is 32.1 Å². The van der Waals surface area contributed by atoms with E-state index in [9.17, 15) is 14.0 Å². The molecule has 31 heavy (non-hydrogen) atoms. The molecule has 1 heterocycles. The number of ether oxygens (including phenoxy) is 1. The summed E-state index contributed by atoms with van der Waals surface area (Å²) in [7, 11) is 0. The first kappa shape index (κ1) is 21.3. The summed E-state index contributed by atoms with van der Waals surface area (Å²) in [6.07, 6.45) is 2.91. The maximum atomic E-state index is 13.1. The molecule has 164 valence electrons. The second kappa shape index (κ2) is 9.50. The first-order chi connectivity index (χ1) is 15.1. The van der Waals surface area contributed by atoms with Crippen molar-refractivity contribution >= 4 is 11.8 Å². The molecule has 0 aromatic heterocycles. The molecule has 2 unspecified atom stereocenters. The van der Waals surface area contributed by atoms with Gasteiger partial charge in [-0.05, 0) is 60.7 Å². The highest BCUT2D eigenvalue weighted by Crippen LogP contribution is 2.48. The number of benzene rings is 2. The third-order valence-electron chi connectivity index (χ3n) is 6.15. The van der Waals surface area contributed by atoms with Crippen LogP contribution >= 0.6 is 0 Å². The fraction of sp³-hybridized carbons (Fsp3) is 0.440. The molecular formula is C25H29FN2O3. The lowest BCUT2D eigenvalue weighted by molar-refractivity contribution is -0.134. The average Bonchev–Trinajstić information content (AvgIpc) is 3.60. The smallest absolute Gasteiger partial charge is 0.253 e. The number of carbonyl (C=O) groups excluding carboxylic acids is 2. The first-order valence-electron chi connectivity index (χ1n) is 11.1. The highest BCUT2D eigenvalue weighted by Gasteiger charge is 2.46. The topological polar surface area (TPSA) is 49.9 Å². The molecule has 0 radical (unpaired) electrons. The van der Waals surface area contributed by atoms with Crippen LogP contribution in [0, 0.1) is 11.7 Å². The van der Waals surface area contributed by atoms with Crippen LogP contribution in [-0.2, 0) is 4.79 Å². The van der Waals surface area contributed by atoms with Crippen LogP contribution in [-0.4, -0.2) is 54.4 Å². The summed E-state index contributed by atoms with van der Waals surface area (Å²) in [6, 6.07) is 13.7. The molecular weight excluding hydrogens is 395 g/mol. The molecule has 1 aliphatic carbocycles. The minimum atomic E-state index is -0.258. The van der Waals surface area contributed by atoms with Crippen LogP contribution in [0.4, 0.5) is 4.39 Å². The standard InChI is InChI=1S/C25H29FN2O3/c1-2-3-16-31-21-10-6-19(7-11-21)24(29)27-12-14-28(15-13-27)25(30)23-17-22(23)18-4-8-20(26)9-5-18/h4-11,22-23H,2-3,12-17H2,1H3. The van der Waals surface area contributed by atoms with Gasteiger partial charge < -0.3 is 14.5 Å². The predicted octanol–water partition coefficient (Wildman–Crippen LogP) is 4.09. The third-order valence-corrected chi connectivity index (χ3v) is 6.15. The van der Waals surface area contributed by atoms with E-state index in [-0.39, 0.29) is 29.5 Å². The van der Waals surface area contributed by atoms with Gasteiger partial charge in [0.25, 0.3) is 5.91 Å². The van der Waals surface area contributed by atoms with E-state index >= 15 is 0 Å². The second-order valence-corrected chi connectivity index (χ2v) is 8.34. The lowest BCUT2D eigenvalue weighted by atomic mass is 10.1. The van der Waals surface area contributed by atoms with E-state index < -0.39 is 0 Å². The lowest BCUT2D eigenvalue weighted by Crippen LogP contribution is -2.51. The molecule has 0 spiro atoms. The first-order valence-corrected chi connectivity index (χ1v) is 11.1. The van der Waals surface area contributed by atoms with Crippen LogP contribution < -0.4 is 4.74 Å². The van der Waals surface area contributed by atoms with E-state index in [0.717, 1.165) is 30.6 Å². The van der Waals surface area contributed by atoms with Gasteiger partial charge in [-0.25, -0.2) is 4.39 Å². The van der Waals surface area contributed by atoms with Crippen molar-refractivity contribution in [3.8, 4) is 5.75 Å². The number of unbranched alkanes of at least 4 members (excludes halogenated alkanes) is 1. The molecule has 1 saturated heterocycles. The van der Waals surface area contributed by atoms with Gasteiger partial charge in [0.1, 0.15) is 11.6 Å². The summed E-state index contributed by atoms with van der Waals surface area (Å²) in [6.45, 7) is 4.97. The third kappa shape index (κ3) is 5.06. The number of carbonyl (C=O) groups is 2. The molecule has 2 atom stereocenters. The zero-order valence-electron chi connectivity index (χ0n) is 17.9. The Hall–Kier alpha value is -2.89. The van der Waals surface area contributed by atoms with Gasteiger partial charge in [-0.3, -0.25) is 9.59 Å². The molecule has 2 aromatic carbocycles. The lowest BCUT2D eigenvalue weighted by Gasteiger charge is -2.35. The van der Waals surface area contributed by atoms with Crippen LogP contribution in [0.1, 0.15) is 48.0 Å². The minimum Gasteiger partial charge on any atom is -0.494 e. The van der Waals surface area contributed by atoms with Gasteiger partial charge in [0.15, 0.2) is 0 Å². The van der Waals surface area contributed by atoms with Crippen LogP contribution in [0.5, 0.6) is 5.75 Å². The van der Waals surface area contributed by atoms with Gasteiger partial charge >= 0.3 is 0 Å². The largest absolute Gasteiger partial charge is 0.494 e. The molecule has 1 aliphatic heterocycles. The summed E-state index contributed by atoms with van der Waals surface area (Å²) in [4.78, 5) is 29.3. The quantitative estimate of drug-likeness (QED) is 0.629. The normalized spacial score (nSPS) is 20.5. The van der Waals surface area contributed by atoms with Gasteiger partial charge in [-0.15, -0.1) is 0 Å².